The monoisotopic (exact) mass is 155 g/mol. The van der Waals surface area contributed by atoms with E-state index in [0.717, 1.165) is 18.9 Å². The second-order valence-corrected chi connectivity index (χ2v) is 3.35. The van der Waals surface area contributed by atoms with Crippen LogP contribution in [0.3, 0.4) is 0 Å². The largest absolute Gasteiger partial charge is 0.314 e. The van der Waals surface area contributed by atoms with Crippen molar-refractivity contribution in [2.45, 2.75) is 39.7 Å². The maximum Gasteiger partial charge on any atom is 0.00732 e. The average molecular weight is 155 g/mol. The molecule has 0 spiro atoms. The molecule has 0 radical (unpaired) electrons. The molecule has 0 saturated carbocycles. The second-order valence-electron chi connectivity index (χ2n) is 3.35. The SMILES string of the molecule is C=CC[C@@H](C)NC[C@@H](C)CC. The fourth-order valence-corrected chi connectivity index (χ4v) is 0.880. The lowest BCUT2D eigenvalue weighted by Gasteiger charge is -2.14. The Morgan fingerprint density at radius 3 is 2.55 bits per heavy atom. The van der Waals surface area contributed by atoms with Crippen LogP contribution in [-0.2, 0) is 0 Å². The summed E-state index contributed by atoms with van der Waals surface area (Å²) in [6.45, 7) is 11.5. The summed E-state index contributed by atoms with van der Waals surface area (Å²) in [5, 5.41) is 3.46. The van der Waals surface area contributed by atoms with Crippen LogP contribution in [0.4, 0.5) is 0 Å². The molecule has 0 unspecified atom stereocenters. The highest BCUT2D eigenvalue weighted by Gasteiger charge is 2.01. The summed E-state index contributed by atoms with van der Waals surface area (Å²) in [6.07, 6.45) is 4.29. The topological polar surface area (TPSA) is 12.0 Å². The highest BCUT2D eigenvalue weighted by molar-refractivity contribution is 4.74. The van der Waals surface area contributed by atoms with Crippen LogP contribution in [-0.4, -0.2) is 12.6 Å². The van der Waals surface area contributed by atoms with Gasteiger partial charge in [-0.25, -0.2) is 0 Å². The fraction of sp³-hybridized carbons (Fsp3) is 0.800. The van der Waals surface area contributed by atoms with Crippen LogP contribution in [0.25, 0.3) is 0 Å². The van der Waals surface area contributed by atoms with E-state index in [0.29, 0.717) is 6.04 Å². The first-order chi connectivity index (χ1) is 5.20. The van der Waals surface area contributed by atoms with Crippen molar-refractivity contribution in [3.63, 3.8) is 0 Å². The first kappa shape index (κ1) is 10.7. The highest BCUT2D eigenvalue weighted by Crippen LogP contribution is 1.99. The maximum absolute atomic E-state index is 3.71. The van der Waals surface area contributed by atoms with Crippen molar-refractivity contribution < 1.29 is 0 Å². The minimum atomic E-state index is 0.585. The van der Waals surface area contributed by atoms with Crippen LogP contribution >= 0.6 is 0 Å². The van der Waals surface area contributed by atoms with Crippen LogP contribution in [0.2, 0.25) is 0 Å². The van der Waals surface area contributed by atoms with E-state index in [1.165, 1.54) is 6.42 Å². The quantitative estimate of drug-likeness (QED) is 0.581. The van der Waals surface area contributed by atoms with Gasteiger partial charge < -0.3 is 5.32 Å². The van der Waals surface area contributed by atoms with Crippen molar-refractivity contribution >= 4 is 0 Å². The lowest BCUT2D eigenvalue weighted by molar-refractivity contribution is 0.454. The second kappa shape index (κ2) is 6.41. The van der Waals surface area contributed by atoms with E-state index in [2.05, 4.69) is 32.7 Å². The zero-order valence-electron chi connectivity index (χ0n) is 8.06. The summed E-state index contributed by atoms with van der Waals surface area (Å²) in [5.41, 5.74) is 0. The molecule has 0 bridgehead atoms. The molecule has 2 atom stereocenters. The molecular weight excluding hydrogens is 134 g/mol. The molecule has 0 aliphatic heterocycles. The van der Waals surface area contributed by atoms with Crippen LogP contribution in [0.15, 0.2) is 12.7 Å². The van der Waals surface area contributed by atoms with Gasteiger partial charge in [0.25, 0.3) is 0 Å². The van der Waals surface area contributed by atoms with Gasteiger partial charge in [-0.15, -0.1) is 6.58 Å². The van der Waals surface area contributed by atoms with Crippen molar-refractivity contribution in [1.82, 2.24) is 5.32 Å². The van der Waals surface area contributed by atoms with Crippen LogP contribution in [0, 0.1) is 5.92 Å². The van der Waals surface area contributed by atoms with E-state index in [1.807, 2.05) is 6.08 Å². The zero-order valence-corrected chi connectivity index (χ0v) is 8.06. The first-order valence-electron chi connectivity index (χ1n) is 4.55. The van der Waals surface area contributed by atoms with E-state index in [4.69, 9.17) is 0 Å². The summed E-state index contributed by atoms with van der Waals surface area (Å²) in [4.78, 5) is 0. The normalized spacial score (nSPS) is 15.9. The Labute approximate surface area is 70.9 Å². The van der Waals surface area contributed by atoms with Gasteiger partial charge in [0.15, 0.2) is 0 Å². The van der Waals surface area contributed by atoms with Gasteiger partial charge in [0.2, 0.25) is 0 Å². The molecule has 11 heavy (non-hydrogen) atoms. The van der Waals surface area contributed by atoms with Crippen molar-refractivity contribution in [2.75, 3.05) is 6.54 Å². The predicted octanol–water partition coefficient (Wildman–Crippen LogP) is 2.59. The molecule has 0 aromatic carbocycles. The molecule has 66 valence electrons. The molecule has 1 heteroatoms. The molecule has 0 heterocycles. The predicted molar refractivity (Wildman–Crippen MR) is 51.7 cm³/mol. The van der Waals surface area contributed by atoms with Crippen molar-refractivity contribution in [2.24, 2.45) is 5.92 Å². The molecule has 0 fully saturated rings. The molecule has 0 aliphatic rings. The van der Waals surface area contributed by atoms with E-state index in [1.54, 1.807) is 0 Å². The fourth-order valence-electron chi connectivity index (χ4n) is 0.880. The summed E-state index contributed by atoms with van der Waals surface area (Å²) >= 11 is 0. The van der Waals surface area contributed by atoms with Gasteiger partial charge in [0, 0.05) is 6.04 Å². The van der Waals surface area contributed by atoms with Gasteiger partial charge in [0.05, 0.1) is 0 Å². The summed E-state index contributed by atoms with van der Waals surface area (Å²) in [5.74, 6) is 0.794. The minimum Gasteiger partial charge on any atom is -0.314 e. The van der Waals surface area contributed by atoms with Crippen LogP contribution < -0.4 is 5.32 Å². The van der Waals surface area contributed by atoms with Gasteiger partial charge in [-0.05, 0) is 25.8 Å². The molecule has 0 amide bonds. The maximum atomic E-state index is 3.71. The third-order valence-electron chi connectivity index (χ3n) is 2.03. The first-order valence-corrected chi connectivity index (χ1v) is 4.55. The van der Waals surface area contributed by atoms with E-state index < -0.39 is 0 Å². The Morgan fingerprint density at radius 1 is 1.45 bits per heavy atom. The summed E-state index contributed by atoms with van der Waals surface area (Å²) in [6, 6.07) is 0.585. The molecule has 0 aromatic rings. The van der Waals surface area contributed by atoms with Crippen LogP contribution in [0.1, 0.15) is 33.6 Å². The molecular formula is C10H21N. The average Bonchev–Trinajstić information content (AvgIpc) is 2.01. The van der Waals surface area contributed by atoms with Crippen molar-refractivity contribution in [1.29, 1.82) is 0 Å². The van der Waals surface area contributed by atoms with Gasteiger partial charge in [-0.3, -0.25) is 0 Å². The lowest BCUT2D eigenvalue weighted by Crippen LogP contribution is -2.29. The van der Waals surface area contributed by atoms with Gasteiger partial charge in [-0.1, -0.05) is 26.3 Å². The van der Waals surface area contributed by atoms with Gasteiger partial charge in [0.1, 0.15) is 0 Å². The van der Waals surface area contributed by atoms with Gasteiger partial charge >= 0.3 is 0 Å². The zero-order chi connectivity index (χ0) is 8.69. The lowest BCUT2D eigenvalue weighted by atomic mass is 10.1. The third-order valence-corrected chi connectivity index (χ3v) is 2.03. The van der Waals surface area contributed by atoms with E-state index >= 15 is 0 Å². The van der Waals surface area contributed by atoms with Crippen molar-refractivity contribution in [3.05, 3.63) is 12.7 Å². The molecule has 1 nitrogen and oxygen atoms in total. The van der Waals surface area contributed by atoms with E-state index in [9.17, 15) is 0 Å². The smallest absolute Gasteiger partial charge is 0.00732 e. The highest BCUT2D eigenvalue weighted by atomic mass is 14.9. The number of rotatable bonds is 6. The molecule has 0 saturated heterocycles. The third kappa shape index (κ3) is 6.11. The van der Waals surface area contributed by atoms with E-state index in [-0.39, 0.29) is 0 Å². The summed E-state index contributed by atoms with van der Waals surface area (Å²) in [7, 11) is 0. The Hall–Kier alpha value is -0.300. The number of hydrogen-bond donors (Lipinski definition) is 1. The minimum absolute atomic E-state index is 0.585. The van der Waals surface area contributed by atoms with Gasteiger partial charge in [-0.2, -0.15) is 0 Å². The molecule has 0 rings (SSSR count). The molecule has 0 aromatic heterocycles. The molecule has 1 N–H and O–H groups in total. The number of nitrogens with one attached hydrogen (secondary N) is 1. The summed E-state index contributed by atoms with van der Waals surface area (Å²) < 4.78 is 0. The number of hydrogen-bond acceptors (Lipinski definition) is 1. The van der Waals surface area contributed by atoms with Crippen molar-refractivity contribution in [3.8, 4) is 0 Å². The Bertz CT molecular complexity index is 99.0. The van der Waals surface area contributed by atoms with Crippen LogP contribution in [0.5, 0.6) is 0 Å². The Kier molecular flexibility index (Phi) is 6.24. The Balaban J connectivity index is 3.29. The molecule has 0 aliphatic carbocycles. The Morgan fingerprint density at radius 2 is 2.09 bits per heavy atom. The standard InChI is InChI=1S/C10H21N/c1-5-7-10(4)11-8-9(3)6-2/h5,9-11H,1,6-8H2,2-4H3/t9-,10+/m0/s1.